The number of methoxy groups -OCH3 is 4. The van der Waals surface area contributed by atoms with Gasteiger partial charge in [-0.15, -0.1) is 0 Å². The minimum absolute atomic E-state index is 0. The second kappa shape index (κ2) is 61.4. The van der Waals surface area contributed by atoms with E-state index >= 15 is 0 Å². The van der Waals surface area contributed by atoms with Crippen LogP contribution in [0.2, 0.25) is 0 Å². The number of alkyl carbamates (subject to hydrolysis) is 2. The zero-order valence-corrected chi connectivity index (χ0v) is 55.9. The van der Waals surface area contributed by atoms with Crippen LogP contribution < -0.4 is 10.6 Å². The van der Waals surface area contributed by atoms with Gasteiger partial charge in [0.15, 0.2) is 5.78 Å². The number of carbonyl (C=O) groups excluding carboxylic acids is 8. The van der Waals surface area contributed by atoms with Gasteiger partial charge in [0.05, 0.1) is 65.4 Å². The number of esters is 1. The topological polar surface area (TPSA) is 244 Å². The average molecular weight is 1210 g/mol. The summed E-state index contributed by atoms with van der Waals surface area (Å²) in [5.41, 5.74) is 0. The highest BCUT2D eigenvalue weighted by Gasteiger charge is 2.25. The monoisotopic (exact) mass is 1200 g/mol. The number of Topliss-reactive ketones (excluding diaryl/α,β-unsaturated/α-hetero) is 5. The molecule has 0 aromatic heterocycles. The number of carbonyl (C=O) groups is 8. The second-order valence-electron chi connectivity index (χ2n) is 21.1. The van der Waals surface area contributed by atoms with Crippen LogP contribution >= 0.6 is 23.5 Å². The normalized spacial score (nSPS) is 12.8. The van der Waals surface area contributed by atoms with Gasteiger partial charge >= 0.3 is 18.2 Å². The van der Waals surface area contributed by atoms with Crippen molar-refractivity contribution >= 4 is 70.6 Å². The maximum absolute atomic E-state index is 12.3. The Balaban J connectivity index is -0.000000176. The van der Waals surface area contributed by atoms with E-state index in [9.17, 15) is 38.4 Å². The summed E-state index contributed by atoms with van der Waals surface area (Å²) in [7, 11) is 6.34. The van der Waals surface area contributed by atoms with E-state index in [0.29, 0.717) is 63.7 Å². The zero-order chi connectivity index (χ0) is 63.3. The number of hydrogen-bond donors (Lipinski definition) is 2. The Morgan fingerprint density at radius 3 is 1.02 bits per heavy atom. The number of ketones is 5. The van der Waals surface area contributed by atoms with Crippen molar-refractivity contribution in [2.24, 2.45) is 65.1 Å². The van der Waals surface area contributed by atoms with Crippen molar-refractivity contribution in [2.45, 2.75) is 145 Å². The maximum atomic E-state index is 12.3. The fourth-order valence-electron chi connectivity index (χ4n) is 6.03. The lowest BCUT2D eigenvalue weighted by Gasteiger charge is -2.19. The Morgan fingerprint density at radius 2 is 0.728 bits per heavy atom. The Bertz CT molecular complexity index is 1450. The molecule has 0 aliphatic carbocycles. The van der Waals surface area contributed by atoms with Crippen molar-refractivity contribution in [2.75, 3.05) is 132 Å². The highest BCUT2D eigenvalue weighted by Crippen LogP contribution is 2.12. The second-order valence-corrected chi connectivity index (χ2v) is 22.9. The molecule has 0 radical (unpaired) electrons. The Morgan fingerprint density at radius 1 is 0.395 bits per heavy atom. The van der Waals surface area contributed by atoms with E-state index in [4.69, 9.17) is 42.6 Å². The van der Waals surface area contributed by atoms with Crippen LogP contribution in [0.25, 0.3) is 0 Å². The van der Waals surface area contributed by atoms with Crippen molar-refractivity contribution in [3.63, 3.8) is 0 Å². The van der Waals surface area contributed by atoms with Gasteiger partial charge in [0.25, 0.3) is 0 Å². The molecule has 0 aromatic rings. The van der Waals surface area contributed by atoms with Crippen LogP contribution in [0.1, 0.15) is 138 Å². The van der Waals surface area contributed by atoms with Gasteiger partial charge in [0.2, 0.25) is 0 Å². The number of nitrogens with one attached hydrogen (secondary N) is 2. The van der Waals surface area contributed by atoms with Gasteiger partial charge in [0.1, 0.15) is 42.4 Å². The van der Waals surface area contributed by atoms with Crippen LogP contribution in [0.5, 0.6) is 0 Å². The molecule has 21 heteroatoms. The number of hydrogen-bond acceptors (Lipinski definition) is 19. The van der Waals surface area contributed by atoms with Gasteiger partial charge in [0, 0.05) is 99.8 Å². The molecule has 0 bridgehead atoms. The third kappa shape index (κ3) is 59.8. The number of rotatable bonds is 37. The van der Waals surface area contributed by atoms with Crippen LogP contribution in [-0.4, -0.2) is 185 Å². The quantitative estimate of drug-likeness (QED) is 0.0334. The summed E-state index contributed by atoms with van der Waals surface area (Å²) in [5, 5.41) is 4.89. The molecule has 2 amide bonds. The summed E-state index contributed by atoms with van der Waals surface area (Å²) < 4.78 is 44.6. The predicted molar refractivity (Wildman–Crippen MR) is 331 cm³/mol. The minimum atomic E-state index is -0.942. The molecule has 2 N–H and O–H groups in total. The lowest BCUT2D eigenvalue weighted by Crippen LogP contribution is -2.50. The fourth-order valence-corrected chi connectivity index (χ4v) is 7.36. The van der Waals surface area contributed by atoms with Gasteiger partial charge in [-0.25, -0.2) is 9.59 Å². The summed E-state index contributed by atoms with van der Waals surface area (Å²) in [4.78, 5) is 91.5. The Labute approximate surface area is 501 Å². The number of amides is 2. The van der Waals surface area contributed by atoms with Crippen LogP contribution in [0, 0.1) is 65.1 Å². The molecule has 0 rings (SSSR count). The van der Waals surface area contributed by atoms with E-state index in [2.05, 4.69) is 24.5 Å². The van der Waals surface area contributed by atoms with Crippen LogP contribution in [0.15, 0.2) is 0 Å². The fraction of sp³-hybridized carbons (Fsp3) is 0.867. The molecule has 6 atom stereocenters. The van der Waals surface area contributed by atoms with Crippen LogP contribution in [-0.2, 0) is 71.4 Å². The third-order valence-corrected chi connectivity index (χ3v) is 12.7. The number of thioether (sulfide) groups is 2. The van der Waals surface area contributed by atoms with Crippen LogP contribution in [0.3, 0.4) is 0 Å². The average Bonchev–Trinajstić information content (AvgIpc) is 3.40. The van der Waals surface area contributed by atoms with Gasteiger partial charge in [-0.05, 0) is 18.4 Å². The first kappa shape index (κ1) is 91.6. The van der Waals surface area contributed by atoms with Gasteiger partial charge in [-0.1, -0.05) is 138 Å². The molecular weight excluding hydrogens is 1080 g/mol. The van der Waals surface area contributed by atoms with Crippen molar-refractivity contribution < 1.29 is 81.0 Å². The first-order valence-electron chi connectivity index (χ1n) is 28.1. The molecular formula is C60H120N2O17S2. The molecule has 0 aliphatic rings. The molecule has 0 spiro atoms. The van der Waals surface area contributed by atoms with E-state index in [-0.39, 0.29) is 123 Å². The molecule has 484 valence electrons. The van der Waals surface area contributed by atoms with E-state index in [1.165, 1.54) is 0 Å². The van der Waals surface area contributed by atoms with Crippen molar-refractivity contribution in [1.82, 2.24) is 10.6 Å². The summed E-state index contributed by atoms with van der Waals surface area (Å²) in [5.74, 6) is 4.24. The smallest absolute Gasteiger partial charge is 0.407 e. The summed E-state index contributed by atoms with van der Waals surface area (Å²) in [6.45, 7) is 38.2. The first-order chi connectivity index (χ1) is 37.4. The molecule has 0 aromatic carbocycles. The third-order valence-electron chi connectivity index (χ3n) is 11.0. The van der Waals surface area contributed by atoms with Gasteiger partial charge < -0.3 is 53.3 Å². The first-order valence-corrected chi connectivity index (χ1v) is 30.9. The van der Waals surface area contributed by atoms with E-state index in [1.807, 2.05) is 109 Å². The number of ether oxygens (including phenoxy) is 9. The van der Waals surface area contributed by atoms with E-state index in [0.717, 1.165) is 17.9 Å². The zero-order valence-electron chi connectivity index (χ0n) is 54.3. The van der Waals surface area contributed by atoms with Gasteiger partial charge in [-0.2, -0.15) is 23.5 Å². The molecule has 81 heavy (non-hydrogen) atoms. The molecule has 0 aliphatic heterocycles. The standard InChI is InChI=1S/C18H34N2O9.C9H18O2.2C8H16O2.2C8H16OS.CH4/c1-14(2)16(21)15(20-18(23)29-12-10-27-8-6-25-4)13-19-17(22)28-11-9-26-7-5-24-3;1-5-8(4)6-11-9(10)7(2)3;4*1-6(2)8(9)7(3)5-10-4;/h14-15H,5-13H2,1-4H3,(H,19,22)(H,20,23);7-8H,5-6H2,1-4H3;4*6-7H,5H2,1-4H3;1H4. The lowest BCUT2D eigenvalue weighted by molar-refractivity contribution is -0.148. The minimum Gasteiger partial charge on any atom is -0.465 e. The predicted octanol–water partition coefficient (Wildman–Crippen LogP) is 10.6. The van der Waals surface area contributed by atoms with E-state index < -0.39 is 18.2 Å². The molecule has 0 heterocycles. The molecule has 0 saturated carbocycles. The van der Waals surface area contributed by atoms with Crippen molar-refractivity contribution in [3.05, 3.63) is 0 Å². The van der Waals surface area contributed by atoms with Crippen LogP contribution in [0.4, 0.5) is 9.59 Å². The lowest BCUT2D eigenvalue weighted by atomic mass is 9.98. The SMILES string of the molecule is C.CCC(C)COC(=O)C(C)C.COCC(C)C(=O)C(C)C.COCC(C)C(=O)C(C)C.COCCOCCOC(=O)NCC(NC(=O)OCCOCCOC)C(=O)C(C)C.CSCC(C)C(=O)C(C)C.CSCC(C)C(=O)C(C)C. The molecule has 19 nitrogen and oxygen atoms in total. The Kier molecular flexibility index (Phi) is 69.4. The summed E-state index contributed by atoms with van der Waals surface area (Å²) in [6, 6.07) is -0.942. The van der Waals surface area contributed by atoms with Crippen molar-refractivity contribution in [1.29, 1.82) is 0 Å². The maximum Gasteiger partial charge on any atom is 0.407 e. The largest absolute Gasteiger partial charge is 0.465 e. The van der Waals surface area contributed by atoms with Gasteiger partial charge in [-0.3, -0.25) is 28.8 Å². The van der Waals surface area contributed by atoms with Crippen molar-refractivity contribution in [3.8, 4) is 0 Å². The summed E-state index contributed by atoms with van der Waals surface area (Å²) in [6.07, 6.45) is 3.63. The summed E-state index contributed by atoms with van der Waals surface area (Å²) >= 11 is 3.47. The molecule has 6 unspecified atom stereocenters. The Hall–Kier alpha value is -3.18. The molecule has 0 saturated heterocycles. The highest BCUT2D eigenvalue weighted by atomic mass is 32.2. The molecule has 0 fully saturated rings. The van der Waals surface area contributed by atoms with E-state index in [1.54, 1.807) is 65.8 Å². The highest BCUT2D eigenvalue weighted by molar-refractivity contribution is 7.98.